The largest absolute Gasteiger partial charge is 0.478 e. The van der Waals surface area contributed by atoms with E-state index in [0.29, 0.717) is 11.6 Å². The first-order chi connectivity index (χ1) is 10.2. The number of carboxylic acid groups (broad SMARTS) is 1. The van der Waals surface area contributed by atoms with Crippen LogP contribution in [0, 0.1) is 5.92 Å². The van der Waals surface area contributed by atoms with Crippen LogP contribution >= 0.6 is 0 Å². The Morgan fingerprint density at radius 2 is 2.00 bits per heavy atom. The Labute approximate surface area is 125 Å². The van der Waals surface area contributed by atoms with Crippen molar-refractivity contribution in [3.63, 3.8) is 0 Å². The number of hydrogen-bond donors (Lipinski definition) is 1. The van der Waals surface area contributed by atoms with E-state index in [-0.39, 0.29) is 0 Å². The molecule has 4 nitrogen and oxygen atoms in total. The summed E-state index contributed by atoms with van der Waals surface area (Å²) in [5, 5.41) is 9.42. The van der Waals surface area contributed by atoms with E-state index in [9.17, 15) is 9.90 Å². The molecule has 1 aromatic carbocycles. The van der Waals surface area contributed by atoms with E-state index in [1.807, 2.05) is 6.07 Å². The first-order valence-corrected chi connectivity index (χ1v) is 8.08. The smallest absolute Gasteiger partial charge is 0.336 e. The Morgan fingerprint density at radius 3 is 2.67 bits per heavy atom. The molecule has 4 heteroatoms. The fraction of sp³-hybridized carbons (Fsp3) is 0.588. The zero-order valence-corrected chi connectivity index (χ0v) is 12.3. The third kappa shape index (κ3) is 2.13. The average molecular weight is 286 g/mol. The predicted molar refractivity (Wildman–Crippen MR) is 82.0 cm³/mol. The van der Waals surface area contributed by atoms with Crippen molar-refractivity contribution in [3.8, 4) is 0 Å². The molecule has 0 radical (unpaired) electrons. The van der Waals surface area contributed by atoms with Gasteiger partial charge in [-0.15, -0.1) is 0 Å². The van der Waals surface area contributed by atoms with Crippen LogP contribution in [0.4, 0.5) is 5.69 Å². The molecular weight excluding hydrogens is 264 g/mol. The number of rotatable bonds is 2. The fourth-order valence-electron chi connectivity index (χ4n) is 4.48. The zero-order chi connectivity index (χ0) is 14.4. The Kier molecular flexibility index (Phi) is 3.14. The molecule has 0 saturated carbocycles. The van der Waals surface area contributed by atoms with Crippen molar-refractivity contribution in [2.75, 3.05) is 31.1 Å². The van der Waals surface area contributed by atoms with Crippen molar-refractivity contribution >= 4 is 11.7 Å². The molecule has 0 aliphatic carbocycles. The topological polar surface area (TPSA) is 43.8 Å². The molecule has 5 rings (SSSR count). The summed E-state index contributed by atoms with van der Waals surface area (Å²) in [7, 11) is 0. The molecule has 0 spiro atoms. The Hall–Kier alpha value is -1.55. The molecule has 0 aromatic heterocycles. The van der Waals surface area contributed by atoms with E-state index < -0.39 is 5.97 Å². The Morgan fingerprint density at radius 1 is 1.19 bits per heavy atom. The minimum atomic E-state index is -0.789. The summed E-state index contributed by atoms with van der Waals surface area (Å²) in [6.45, 7) is 4.72. The van der Waals surface area contributed by atoms with Crippen LogP contribution in [0.5, 0.6) is 0 Å². The Bertz CT molecular complexity index is 564. The Balaban J connectivity index is 1.70. The van der Waals surface area contributed by atoms with Crippen LogP contribution in [0.3, 0.4) is 0 Å². The van der Waals surface area contributed by atoms with Crippen molar-refractivity contribution in [3.05, 3.63) is 29.3 Å². The standard InChI is InChI=1S/C17H22N2O2/c20-17(21)14-3-1-5-15-13(14)4-2-8-19(15)16-11-18-9-6-12(16)7-10-18/h1,3,5,12,16H,2,4,6-11H2,(H,20,21). The second-order valence-corrected chi connectivity index (χ2v) is 6.61. The third-order valence-electron chi connectivity index (χ3n) is 5.54. The molecule has 0 amide bonds. The van der Waals surface area contributed by atoms with Gasteiger partial charge in [-0.3, -0.25) is 0 Å². The molecule has 3 fully saturated rings. The predicted octanol–water partition coefficient (Wildman–Crippen LogP) is 2.23. The minimum Gasteiger partial charge on any atom is -0.478 e. The van der Waals surface area contributed by atoms with Gasteiger partial charge in [0.25, 0.3) is 0 Å². The van der Waals surface area contributed by atoms with E-state index in [2.05, 4.69) is 15.9 Å². The van der Waals surface area contributed by atoms with Crippen molar-refractivity contribution in [2.24, 2.45) is 5.92 Å². The lowest BCUT2D eigenvalue weighted by molar-refractivity contribution is 0.0695. The highest BCUT2D eigenvalue weighted by Crippen LogP contribution is 2.38. The van der Waals surface area contributed by atoms with Gasteiger partial charge in [0, 0.05) is 24.8 Å². The highest BCUT2D eigenvalue weighted by molar-refractivity contribution is 5.91. The number of carboxylic acids is 1. The number of anilines is 1. The normalized spacial score (nSPS) is 31.0. The van der Waals surface area contributed by atoms with Crippen molar-refractivity contribution in [2.45, 2.75) is 31.7 Å². The van der Waals surface area contributed by atoms with E-state index in [0.717, 1.165) is 37.4 Å². The molecule has 4 aliphatic rings. The van der Waals surface area contributed by atoms with Gasteiger partial charge in [-0.2, -0.15) is 0 Å². The van der Waals surface area contributed by atoms with Gasteiger partial charge in [0.15, 0.2) is 0 Å². The first kappa shape index (κ1) is 13.1. The minimum absolute atomic E-state index is 0.499. The quantitative estimate of drug-likeness (QED) is 0.905. The highest BCUT2D eigenvalue weighted by atomic mass is 16.4. The summed E-state index contributed by atoms with van der Waals surface area (Å²) in [6.07, 6.45) is 4.57. The van der Waals surface area contributed by atoms with E-state index in [1.54, 1.807) is 6.07 Å². The van der Waals surface area contributed by atoms with Crippen LogP contribution in [0.15, 0.2) is 18.2 Å². The van der Waals surface area contributed by atoms with Gasteiger partial charge in [-0.1, -0.05) is 6.07 Å². The molecular formula is C17H22N2O2. The molecule has 1 N–H and O–H groups in total. The second-order valence-electron chi connectivity index (χ2n) is 6.61. The maximum atomic E-state index is 11.5. The second kappa shape index (κ2) is 5.02. The molecule has 3 saturated heterocycles. The number of fused-ring (bicyclic) bond motifs is 4. The third-order valence-corrected chi connectivity index (χ3v) is 5.54. The average Bonchev–Trinajstić information content (AvgIpc) is 2.54. The molecule has 1 unspecified atom stereocenters. The highest BCUT2D eigenvalue weighted by Gasteiger charge is 2.39. The monoisotopic (exact) mass is 286 g/mol. The first-order valence-electron chi connectivity index (χ1n) is 8.08. The lowest BCUT2D eigenvalue weighted by Gasteiger charge is -2.51. The summed E-state index contributed by atoms with van der Waals surface area (Å²) < 4.78 is 0. The summed E-state index contributed by atoms with van der Waals surface area (Å²) in [6, 6.07) is 6.36. The van der Waals surface area contributed by atoms with Gasteiger partial charge in [0.1, 0.15) is 0 Å². The molecule has 112 valence electrons. The number of benzene rings is 1. The van der Waals surface area contributed by atoms with Gasteiger partial charge in [-0.05, 0) is 62.4 Å². The van der Waals surface area contributed by atoms with Gasteiger partial charge >= 0.3 is 5.97 Å². The lowest BCUT2D eigenvalue weighted by atomic mass is 9.81. The number of piperidine rings is 3. The maximum absolute atomic E-state index is 11.5. The molecule has 1 atom stereocenters. The summed E-state index contributed by atoms with van der Waals surface area (Å²) in [4.78, 5) is 16.5. The number of hydrogen-bond acceptors (Lipinski definition) is 3. The maximum Gasteiger partial charge on any atom is 0.336 e. The van der Waals surface area contributed by atoms with Crippen LogP contribution in [0.1, 0.15) is 35.2 Å². The van der Waals surface area contributed by atoms with Crippen LogP contribution in [0.25, 0.3) is 0 Å². The molecule has 2 bridgehead atoms. The summed E-state index contributed by atoms with van der Waals surface area (Å²) in [5.74, 6) is -0.00273. The van der Waals surface area contributed by atoms with Crippen molar-refractivity contribution in [1.29, 1.82) is 0 Å². The van der Waals surface area contributed by atoms with E-state index in [1.165, 1.54) is 31.6 Å². The van der Waals surface area contributed by atoms with Crippen LogP contribution in [0.2, 0.25) is 0 Å². The number of nitrogens with zero attached hydrogens (tertiary/aromatic N) is 2. The lowest BCUT2D eigenvalue weighted by Crippen LogP contribution is -2.58. The summed E-state index contributed by atoms with van der Waals surface area (Å²) >= 11 is 0. The van der Waals surface area contributed by atoms with Gasteiger partial charge in [-0.25, -0.2) is 4.79 Å². The fourth-order valence-corrected chi connectivity index (χ4v) is 4.48. The SMILES string of the molecule is O=C(O)c1cccc2c1CCCN2C1CN2CCC1CC2. The van der Waals surface area contributed by atoms with Crippen LogP contribution in [-0.4, -0.2) is 48.2 Å². The number of aromatic carboxylic acids is 1. The summed E-state index contributed by atoms with van der Waals surface area (Å²) in [5.41, 5.74) is 2.73. The van der Waals surface area contributed by atoms with Gasteiger partial charge < -0.3 is 14.9 Å². The van der Waals surface area contributed by atoms with Crippen molar-refractivity contribution in [1.82, 2.24) is 4.90 Å². The molecule has 1 aromatic rings. The number of carbonyl (C=O) groups is 1. The van der Waals surface area contributed by atoms with Gasteiger partial charge in [0.05, 0.1) is 5.56 Å². The zero-order valence-electron chi connectivity index (χ0n) is 12.3. The van der Waals surface area contributed by atoms with Crippen LogP contribution < -0.4 is 4.90 Å². The van der Waals surface area contributed by atoms with E-state index >= 15 is 0 Å². The van der Waals surface area contributed by atoms with E-state index in [4.69, 9.17) is 0 Å². The molecule has 4 aliphatic heterocycles. The van der Waals surface area contributed by atoms with Crippen LogP contribution in [-0.2, 0) is 6.42 Å². The molecule has 21 heavy (non-hydrogen) atoms. The van der Waals surface area contributed by atoms with Gasteiger partial charge in [0.2, 0.25) is 0 Å². The molecule has 4 heterocycles. The van der Waals surface area contributed by atoms with Crippen molar-refractivity contribution < 1.29 is 9.90 Å².